The van der Waals surface area contributed by atoms with Crippen LogP contribution in [0, 0.1) is 0 Å². The Labute approximate surface area is 139 Å². The van der Waals surface area contributed by atoms with Crippen molar-refractivity contribution < 1.29 is 4.42 Å². The molecule has 3 heterocycles. The Morgan fingerprint density at radius 3 is 3.00 bits per heavy atom. The van der Waals surface area contributed by atoms with Crippen LogP contribution in [0.25, 0.3) is 22.1 Å². The van der Waals surface area contributed by atoms with Crippen molar-refractivity contribution in [2.45, 2.75) is 28.2 Å². The van der Waals surface area contributed by atoms with Crippen LogP contribution >= 0.6 is 23.1 Å². The van der Waals surface area contributed by atoms with Crippen LogP contribution in [0.1, 0.15) is 12.8 Å². The molecule has 23 heavy (non-hydrogen) atoms. The predicted molar refractivity (Wildman–Crippen MR) is 90.0 cm³/mol. The molecule has 0 radical (unpaired) electrons. The van der Waals surface area contributed by atoms with Gasteiger partial charge in [-0.3, -0.25) is 0 Å². The van der Waals surface area contributed by atoms with Gasteiger partial charge in [-0.1, -0.05) is 23.5 Å². The molecule has 1 fully saturated rings. The van der Waals surface area contributed by atoms with E-state index < -0.39 is 0 Å². The molecule has 0 atom stereocenters. The van der Waals surface area contributed by atoms with Gasteiger partial charge in [0.05, 0.1) is 0 Å². The van der Waals surface area contributed by atoms with E-state index in [0.29, 0.717) is 11.6 Å². The standard InChI is InChI=1S/C15H11N5OS2/c1-2-4-10-9(3-1)11-12(21-10)13(17-7-16-11)22-15-20-19-14(23-15)18-8-5-6-8/h1-4,7-8H,5-6H2,(H,18,19). The highest BCUT2D eigenvalue weighted by Gasteiger charge is 2.23. The highest BCUT2D eigenvalue weighted by atomic mass is 32.2. The van der Waals surface area contributed by atoms with Crippen molar-refractivity contribution in [2.75, 3.05) is 5.32 Å². The van der Waals surface area contributed by atoms with Gasteiger partial charge in [0, 0.05) is 11.4 Å². The summed E-state index contributed by atoms with van der Waals surface area (Å²) in [6, 6.07) is 8.44. The number of nitrogens with zero attached hydrogens (tertiary/aromatic N) is 4. The average molecular weight is 341 g/mol. The van der Waals surface area contributed by atoms with Gasteiger partial charge in [-0.05, 0) is 36.7 Å². The highest BCUT2D eigenvalue weighted by molar-refractivity contribution is 8.01. The summed E-state index contributed by atoms with van der Waals surface area (Å²) in [5, 5.41) is 14.4. The molecule has 6 nitrogen and oxygen atoms in total. The van der Waals surface area contributed by atoms with E-state index in [-0.39, 0.29) is 0 Å². The molecular weight excluding hydrogens is 330 g/mol. The van der Waals surface area contributed by atoms with Gasteiger partial charge in [-0.15, -0.1) is 10.2 Å². The van der Waals surface area contributed by atoms with E-state index in [0.717, 1.165) is 31.0 Å². The van der Waals surface area contributed by atoms with E-state index in [1.54, 1.807) is 6.33 Å². The fourth-order valence-electron chi connectivity index (χ4n) is 2.37. The number of rotatable bonds is 4. The zero-order valence-electron chi connectivity index (χ0n) is 11.9. The first-order valence-corrected chi connectivity index (χ1v) is 8.90. The van der Waals surface area contributed by atoms with E-state index in [9.17, 15) is 0 Å². The Hall–Kier alpha value is -2.19. The minimum absolute atomic E-state index is 0.571. The maximum Gasteiger partial charge on any atom is 0.206 e. The molecule has 0 amide bonds. The van der Waals surface area contributed by atoms with Gasteiger partial charge in [0.1, 0.15) is 22.5 Å². The van der Waals surface area contributed by atoms with Crippen molar-refractivity contribution in [2.24, 2.45) is 0 Å². The Balaban J connectivity index is 1.53. The van der Waals surface area contributed by atoms with Crippen LogP contribution in [0.2, 0.25) is 0 Å². The van der Waals surface area contributed by atoms with Gasteiger partial charge in [0.15, 0.2) is 9.92 Å². The first kappa shape index (κ1) is 13.3. The minimum Gasteiger partial charge on any atom is -0.451 e. The number of fused-ring (bicyclic) bond motifs is 3. The molecule has 5 rings (SSSR count). The second-order valence-electron chi connectivity index (χ2n) is 5.35. The average Bonchev–Trinajstić information content (AvgIpc) is 3.14. The molecule has 8 heteroatoms. The largest absolute Gasteiger partial charge is 0.451 e. The van der Waals surface area contributed by atoms with Crippen molar-refractivity contribution in [1.82, 2.24) is 20.2 Å². The van der Waals surface area contributed by atoms with Crippen LogP contribution in [0.3, 0.4) is 0 Å². The predicted octanol–water partition coefficient (Wildman–Crippen LogP) is 3.95. The van der Waals surface area contributed by atoms with E-state index in [2.05, 4.69) is 25.5 Å². The topological polar surface area (TPSA) is 76.7 Å². The summed E-state index contributed by atoms with van der Waals surface area (Å²) < 4.78 is 6.77. The van der Waals surface area contributed by atoms with Crippen LogP contribution in [-0.2, 0) is 0 Å². The smallest absolute Gasteiger partial charge is 0.206 e. The summed E-state index contributed by atoms with van der Waals surface area (Å²) in [7, 11) is 0. The van der Waals surface area contributed by atoms with Gasteiger partial charge in [0.25, 0.3) is 0 Å². The van der Waals surface area contributed by atoms with Gasteiger partial charge in [0.2, 0.25) is 5.13 Å². The maximum atomic E-state index is 5.93. The normalized spacial score (nSPS) is 14.6. The number of aromatic nitrogens is 4. The third-order valence-corrected chi connectivity index (χ3v) is 5.51. The first-order valence-electron chi connectivity index (χ1n) is 7.27. The molecule has 1 aliphatic rings. The summed E-state index contributed by atoms with van der Waals surface area (Å²) in [6.45, 7) is 0. The fraction of sp³-hybridized carbons (Fsp3) is 0.200. The molecule has 1 saturated carbocycles. The van der Waals surface area contributed by atoms with E-state index in [1.165, 1.54) is 35.9 Å². The summed E-state index contributed by atoms with van der Waals surface area (Å²) in [5.41, 5.74) is 2.35. The number of anilines is 1. The lowest BCUT2D eigenvalue weighted by Crippen LogP contribution is -1.99. The number of furan rings is 1. The van der Waals surface area contributed by atoms with Gasteiger partial charge >= 0.3 is 0 Å². The molecule has 0 aliphatic heterocycles. The summed E-state index contributed by atoms with van der Waals surface area (Å²) >= 11 is 3.00. The Bertz CT molecular complexity index is 1010. The Morgan fingerprint density at radius 2 is 2.09 bits per heavy atom. The van der Waals surface area contributed by atoms with Gasteiger partial charge in [-0.2, -0.15) is 0 Å². The Kier molecular flexibility index (Phi) is 2.98. The molecule has 3 aromatic heterocycles. The van der Waals surface area contributed by atoms with Crippen LogP contribution in [0.15, 0.2) is 44.4 Å². The van der Waals surface area contributed by atoms with Crippen molar-refractivity contribution >= 4 is 50.3 Å². The molecule has 1 N–H and O–H groups in total. The van der Waals surface area contributed by atoms with Gasteiger partial charge < -0.3 is 9.73 Å². The third kappa shape index (κ3) is 2.43. The van der Waals surface area contributed by atoms with Gasteiger partial charge in [-0.25, -0.2) is 9.97 Å². The molecule has 4 aromatic rings. The zero-order chi connectivity index (χ0) is 15.2. The van der Waals surface area contributed by atoms with Crippen molar-refractivity contribution in [1.29, 1.82) is 0 Å². The second kappa shape index (κ2) is 5.17. The first-order chi connectivity index (χ1) is 11.4. The lowest BCUT2D eigenvalue weighted by molar-refractivity contribution is 0.653. The van der Waals surface area contributed by atoms with Crippen LogP contribution in [-0.4, -0.2) is 26.2 Å². The van der Waals surface area contributed by atoms with Crippen molar-refractivity contribution in [3.05, 3.63) is 30.6 Å². The third-order valence-electron chi connectivity index (χ3n) is 3.62. The minimum atomic E-state index is 0.571. The SMILES string of the molecule is c1ccc2c(c1)oc1c(Sc3nnc(NC4CC4)s3)ncnc12. The number of benzene rings is 1. The lowest BCUT2D eigenvalue weighted by Gasteiger charge is -1.96. The number of hydrogen-bond acceptors (Lipinski definition) is 8. The zero-order valence-corrected chi connectivity index (χ0v) is 13.5. The van der Waals surface area contributed by atoms with Crippen molar-refractivity contribution in [3.8, 4) is 0 Å². The molecule has 0 saturated heterocycles. The van der Waals surface area contributed by atoms with E-state index in [1.807, 2.05) is 24.3 Å². The summed E-state index contributed by atoms with van der Waals surface area (Å²) in [4.78, 5) is 8.72. The molecule has 114 valence electrons. The Morgan fingerprint density at radius 1 is 1.17 bits per heavy atom. The van der Waals surface area contributed by atoms with E-state index >= 15 is 0 Å². The molecular formula is C15H11N5OS2. The molecule has 1 aromatic carbocycles. The fourth-order valence-corrected chi connectivity index (χ4v) is 4.14. The number of nitrogens with one attached hydrogen (secondary N) is 1. The molecule has 1 aliphatic carbocycles. The number of para-hydroxylation sites is 1. The van der Waals surface area contributed by atoms with Crippen LogP contribution < -0.4 is 5.32 Å². The molecule has 0 unspecified atom stereocenters. The van der Waals surface area contributed by atoms with E-state index in [4.69, 9.17) is 4.42 Å². The van der Waals surface area contributed by atoms with Crippen LogP contribution in [0.5, 0.6) is 0 Å². The van der Waals surface area contributed by atoms with Crippen LogP contribution in [0.4, 0.5) is 5.13 Å². The summed E-state index contributed by atoms with van der Waals surface area (Å²) in [6.07, 6.45) is 4.00. The lowest BCUT2D eigenvalue weighted by atomic mass is 10.2. The molecule has 0 bridgehead atoms. The second-order valence-corrected chi connectivity index (χ2v) is 7.56. The maximum absolute atomic E-state index is 5.93. The quantitative estimate of drug-likeness (QED) is 0.563. The molecule has 0 spiro atoms. The highest BCUT2D eigenvalue weighted by Crippen LogP contribution is 2.38. The van der Waals surface area contributed by atoms with Crippen molar-refractivity contribution in [3.63, 3.8) is 0 Å². The summed E-state index contributed by atoms with van der Waals surface area (Å²) in [5.74, 6) is 0. The monoisotopic (exact) mass is 341 g/mol. The number of hydrogen-bond donors (Lipinski definition) is 1.